The number of carbonyl (C=O) groups is 1. The normalized spacial score (nSPS) is 10.6. The SMILES string of the molecule is CC[NH+](CC)CCOC(=O)/C=C/c1ccco1.[Cl-]. The molecule has 5 heteroatoms. The number of carbonyl (C=O) groups excluding carboxylic acids is 1. The monoisotopic (exact) mass is 273 g/mol. The molecule has 0 bridgehead atoms. The van der Waals surface area contributed by atoms with Crippen LogP contribution in [0, 0.1) is 0 Å². The van der Waals surface area contributed by atoms with Crippen molar-refractivity contribution in [3.05, 3.63) is 30.2 Å². The molecule has 0 saturated heterocycles. The van der Waals surface area contributed by atoms with Gasteiger partial charge in [-0.05, 0) is 32.1 Å². The van der Waals surface area contributed by atoms with Crippen LogP contribution in [-0.2, 0) is 9.53 Å². The minimum absolute atomic E-state index is 0. The number of hydrogen-bond donors (Lipinski definition) is 1. The second-order valence-corrected chi connectivity index (χ2v) is 3.72. The molecule has 1 aromatic rings. The molecule has 4 nitrogen and oxygen atoms in total. The Balaban J connectivity index is 0.00000289. The number of likely N-dealkylation sites (N-methyl/N-ethyl adjacent to an activating group) is 1. The van der Waals surface area contributed by atoms with E-state index < -0.39 is 0 Å². The predicted octanol–water partition coefficient (Wildman–Crippen LogP) is -2.24. The summed E-state index contributed by atoms with van der Waals surface area (Å²) in [6, 6.07) is 3.55. The summed E-state index contributed by atoms with van der Waals surface area (Å²) in [4.78, 5) is 12.8. The first-order valence-corrected chi connectivity index (χ1v) is 5.98. The molecule has 0 radical (unpaired) electrons. The van der Waals surface area contributed by atoms with Crippen molar-refractivity contribution >= 4 is 12.0 Å². The van der Waals surface area contributed by atoms with Gasteiger partial charge >= 0.3 is 5.97 Å². The minimum atomic E-state index is -0.326. The van der Waals surface area contributed by atoms with Crippen LogP contribution in [-0.4, -0.2) is 32.2 Å². The predicted molar refractivity (Wildman–Crippen MR) is 65.6 cm³/mol. The molecule has 1 heterocycles. The lowest BCUT2D eigenvalue weighted by molar-refractivity contribution is -0.896. The quantitative estimate of drug-likeness (QED) is 0.452. The Morgan fingerprint density at radius 1 is 1.44 bits per heavy atom. The van der Waals surface area contributed by atoms with Gasteiger partial charge in [0.15, 0.2) is 0 Å². The van der Waals surface area contributed by atoms with E-state index in [1.807, 2.05) is 0 Å². The van der Waals surface area contributed by atoms with Crippen LogP contribution in [0.15, 0.2) is 28.9 Å². The Labute approximate surface area is 114 Å². The number of quaternary nitrogens is 1. The molecule has 0 fully saturated rings. The maximum Gasteiger partial charge on any atom is 0.331 e. The van der Waals surface area contributed by atoms with Crippen molar-refractivity contribution in [3.8, 4) is 0 Å². The lowest BCUT2D eigenvalue weighted by atomic mass is 10.4. The fourth-order valence-electron chi connectivity index (χ4n) is 1.48. The summed E-state index contributed by atoms with van der Waals surface area (Å²) in [5.41, 5.74) is 0. The fourth-order valence-corrected chi connectivity index (χ4v) is 1.48. The zero-order valence-electron chi connectivity index (χ0n) is 10.8. The van der Waals surface area contributed by atoms with Gasteiger partial charge in [0.25, 0.3) is 0 Å². The molecule has 1 N–H and O–H groups in total. The third-order valence-electron chi connectivity index (χ3n) is 2.63. The first-order chi connectivity index (χ1) is 8.26. The molecule has 0 aliphatic carbocycles. The van der Waals surface area contributed by atoms with E-state index in [2.05, 4.69) is 13.8 Å². The van der Waals surface area contributed by atoms with E-state index in [4.69, 9.17) is 9.15 Å². The van der Waals surface area contributed by atoms with Crippen LogP contribution in [0.1, 0.15) is 19.6 Å². The van der Waals surface area contributed by atoms with Crippen LogP contribution >= 0.6 is 0 Å². The highest BCUT2D eigenvalue weighted by Gasteiger charge is 2.04. The third kappa shape index (κ3) is 6.47. The van der Waals surface area contributed by atoms with E-state index in [1.165, 1.54) is 11.0 Å². The van der Waals surface area contributed by atoms with E-state index >= 15 is 0 Å². The molecule has 102 valence electrons. The summed E-state index contributed by atoms with van der Waals surface area (Å²) in [5.74, 6) is 0.323. The van der Waals surface area contributed by atoms with Crippen molar-refractivity contribution in [3.63, 3.8) is 0 Å². The number of furan rings is 1. The van der Waals surface area contributed by atoms with E-state index in [9.17, 15) is 4.79 Å². The second kappa shape index (κ2) is 9.74. The van der Waals surface area contributed by atoms with E-state index in [0.717, 1.165) is 19.6 Å². The molecule has 0 spiro atoms. The Kier molecular flexibility index (Phi) is 9.06. The summed E-state index contributed by atoms with van der Waals surface area (Å²) in [7, 11) is 0. The van der Waals surface area contributed by atoms with Gasteiger partial charge in [0.1, 0.15) is 18.9 Å². The van der Waals surface area contributed by atoms with Crippen LogP contribution in [0.5, 0.6) is 0 Å². The van der Waals surface area contributed by atoms with Gasteiger partial charge in [0.05, 0.1) is 19.4 Å². The molecule has 0 saturated carbocycles. The van der Waals surface area contributed by atoms with Crippen LogP contribution < -0.4 is 17.3 Å². The molecule has 1 aromatic heterocycles. The molecule has 18 heavy (non-hydrogen) atoms. The van der Waals surface area contributed by atoms with E-state index in [1.54, 1.807) is 24.5 Å². The van der Waals surface area contributed by atoms with Crippen LogP contribution in [0.3, 0.4) is 0 Å². The van der Waals surface area contributed by atoms with Gasteiger partial charge in [-0.2, -0.15) is 0 Å². The fraction of sp³-hybridized carbons (Fsp3) is 0.462. The van der Waals surface area contributed by atoms with Gasteiger partial charge in [0.2, 0.25) is 0 Å². The standard InChI is InChI=1S/C13H19NO3.ClH/c1-3-14(4-2)9-11-17-13(15)8-7-12-6-5-10-16-12;/h5-8,10H,3-4,9,11H2,1-2H3;1H/b8-7+;. The molecule has 0 aliphatic rings. The minimum Gasteiger partial charge on any atom is -1.00 e. The average Bonchev–Trinajstić information content (AvgIpc) is 2.85. The number of ether oxygens (including phenoxy) is 1. The number of rotatable bonds is 7. The molecule has 0 aliphatic heterocycles. The van der Waals surface area contributed by atoms with Gasteiger partial charge in [0, 0.05) is 6.08 Å². The molecular weight excluding hydrogens is 254 g/mol. The van der Waals surface area contributed by atoms with E-state index in [0.29, 0.717) is 12.4 Å². The summed E-state index contributed by atoms with van der Waals surface area (Å²) < 4.78 is 10.1. The van der Waals surface area contributed by atoms with Gasteiger partial charge in [-0.15, -0.1) is 0 Å². The lowest BCUT2D eigenvalue weighted by Gasteiger charge is -2.14. The number of esters is 1. The topological polar surface area (TPSA) is 43.9 Å². The van der Waals surface area contributed by atoms with E-state index in [-0.39, 0.29) is 18.4 Å². The van der Waals surface area contributed by atoms with Crippen molar-refractivity contribution in [1.82, 2.24) is 0 Å². The second-order valence-electron chi connectivity index (χ2n) is 3.72. The number of hydrogen-bond acceptors (Lipinski definition) is 3. The summed E-state index contributed by atoms with van der Waals surface area (Å²) in [6.07, 6.45) is 4.55. The molecule has 1 rings (SSSR count). The van der Waals surface area contributed by atoms with Crippen LogP contribution in [0.4, 0.5) is 0 Å². The number of nitrogens with one attached hydrogen (secondary N) is 1. The largest absolute Gasteiger partial charge is 1.00 e. The zero-order chi connectivity index (χ0) is 12.5. The molecule has 0 aromatic carbocycles. The van der Waals surface area contributed by atoms with Gasteiger partial charge in [-0.3, -0.25) is 0 Å². The van der Waals surface area contributed by atoms with Crippen molar-refractivity contribution in [2.75, 3.05) is 26.2 Å². The smallest absolute Gasteiger partial charge is 0.331 e. The maximum absolute atomic E-state index is 11.3. The Hall–Kier alpha value is -1.26. The van der Waals surface area contributed by atoms with Crippen molar-refractivity contribution in [2.45, 2.75) is 13.8 Å². The summed E-state index contributed by atoms with van der Waals surface area (Å²) >= 11 is 0. The highest BCUT2D eigenvalue weighted by atomic mass is 35.5. The Bertz CT molecular complexity index is 345. The van der Waals surface area contributed by atoms with Gasteiger partial charge in [-0.1, -0.05) is 0 Å². The lowest BCUT2D eigenvalue weighted by Crippen LogP contribution is -3.11. The summed E-state index contributed by atoms with van der Waals surface area (Å²) in [6.45, 7) is 7.66. The zero-order valence-corrected chi connectivity index (χ0v) is 11.6. The Morgan fingerprint density at radius 3 is 2.72 bits per heavy atom. The van der Waals surface area contributed by atoms with Gasteiger partial charge < -0.3 is 26.5 Å². The first kappa shape index (κ1) is 16.7. The molecule has 0 amide bonds. The highest BCUT2D eigenvalue weighted by Crippen LogP contribution is 2.01. The van der Waals surface area contributed by atoms with Crippen LogP contribution in [0.25, 0.3) is 6.08 Å². The van der Waals surface area contributed by atoms with Crippen molar-refractivity contribution < 1.29 is 31.3 Å². The first-order valence-electron chi connectivity index (χ1n) is 5.98. The maximum atomic E-state index is 11.3. The van der Waals surface area contributed by atoms with Gasteiger partial charge in [-0.25, -0.2) is 4.79 Å². The van der Waals surface area contributed by atoms with Crippen molar-refractivity contribution in [2.24, 2.45) is 0 Å². The Morgan fingerprint density at radius 2 is 2.17 bits per heavy atom. The molecule has 0 atom stereocenters. The molecular formula is C13H20ClNO3. The summed E-state index contributed by atoms with van der Waals surface area (Å²) in [5, 5.41) is 0. The highest BCUT2D eigenvalue weighted by molar-refractivity contribution is 5.86. The third-order valence-corrected chi connectivity index (χ3v) is 2.63. The van der Waals surface area contributed by atoms with Crippen molar-refractivity contribution in [1.29, 1.82) is 0 Å². The van der Waals surface area contributed by atoms with Crippen LogP contribution in [0.2, 0.25) is 0 Å². The average molecular weight is 274 g/mol. The molecule has 0 unspecified atom stereocenters. The number of halogens is 1.